The maximum atomic E-state index is 12.5. The average molecular weight is 263 g/mol. The van der Waals surface area contributed by atoms with E-state index in [9.17, 15) is 4.79 Å². The summed E-state index contributed by atoms with van der Waals surface area (Å²) in [6, 6.07) is 0. The van der Waals surface area contributed by atoms with Gasteiger partial charge < -0.3 is 10.6 Å². The first-order chi connectivity index (χ1) is 9.31. The Bertz CT molecular complexity index is 432. The summed E-state index contributed by atoms with van der Waals surface area (Å²) in [7, 11) is 0. The van der Waals surface area contributed by atoms with E-state index in [-0.39, 0.29) is 11.3 Å². The highest BCUT2D eigenvalue weighted by Gasteiger charge is 2.49. The van der Waals surface area contributed by atoms with Gasteiger partial charge in [0.05, 0.1) is 5.41 Å². The lowest BCUT2D eigenvalue weighted by atomic mass is 9.67. The molecule has 1 aromatic heterocycles. The Hall–Kier alpha value is -1.43. The van der Waals surface area contributed by atoms with Crippen molar-refractivity contribution in [1.82, 2.24) is 25.8 Å². The van der Waals surface area contributed by atoms with Crippen molar-refractivity contribution in [3.8, 4) is 0 Å². The summed E-state index contributed by atoms with van der Waals surface area (Å²) in [6.45, 7) is 2.46. The third kappa shape index (κ3) is 2.36. The zero-order chi connectivity index (χ0) is 13.1. The van der Waals surface area contributed by atoms with Crippen LogP contribution < -0.4 is 10.6 Å². The van der Waals surface area contributed by atoms with Crippen molar-refractivity contribution >= 4 is 5.91 Å². The van der Waals surface area contributed by atoms with Crippen molar-refractivity contribution in [2.75, 3.05) is 19.6 Å². The Morgan fingerprint density at radius 3 is 3.32 bits per heavy atom. The van der Waals surface area contributed by atoms with Crippen LogP contribution >= 0.6 is 0 Å². The fourth-order valence-corrected chi connectivity index (χ4v) is 3.51. The van der Waals surface area contributed by atoms with Crippen LogP contribution in [0.5, 0.6) is 0 Å². The van der Waals surface area contributed by atoms with Gasteiger partial charge in [0.15, 0.2) is 0 Å². The first-order valence-electron chi connectivity index (χ1n) is 7.14. The summed E-state index contributed by atoms with van der Waals surface area (Å²) < 4.78 is 0. The molecule has 0 bridgehead atoms. The molecule has 3 N–H and O–H groups in total. The second-order valence-electron chi connectivity index (χ2n) is 5.67. The Kier molecular flexibility index (Phi) is 3.50. The first-order valence-corrected chi connectivity index (χ1v) is 7.14. The lowest BCUT2D eigenvalue weighted by Crippen LogP contribution is -2.48. The van der Waals surface area contributed by atoms with Gasteiger partial charge in [-0.1, -0.05) is 12.8 Å². The number of aromatic nitrogens is 3. The van der Waals surface area contributed by atoms with Gasteiger partial charge in [0, 0.05) is 19.5 Å². The van der Waals surface area contributed by atoms with Gasteiger partial charge in [0.1, 0.15) is 12.2 Å². The van der Waals surface area contributed by atoms with Crippen molar-refractivity contribution in [3.05, 3.63) is 12.2 Å². The molecule has 1 aliphatic heterocycles. The lowest BCUT2D eigenvalue weighted by molar-refractivity contribution is -0.133. The molecule has 0 spiro atoms. The molecular formula is C13H21N5O. The zero-order valence-electron chi connectivity index (χ0n) is 11.1. The van der Waals surface area contributed by atoms with Crippen LogP contribution in [0.25, 0.3) is 0 Å². The van der Waals surface area contributed by atoms with Crippen molar-refractivity contribution in [3.63, 3.8) is 0 Å². The minimum absolute atomic E-state index is 0.153. The molecule has 0 aromatic carbocycles. The van der Waals surface area contributed by atoms with Crippen LogP contribution in [-0.2, 0) is 11.2 Å². The second-order valence-corrected chi connectivity index (χ2v) is 5.67. The van der Waals surface area contributed by atoms with Crippen LogP contribution in [0.4, 0.5) is 0 Å². The van der Waals surface area contributed by atoms with E-state index in [2.05, 4.69) is 25.8 Å². The number of hydrogen-bond acceptors (Lipinski definition) is 4. The molecule has 1 aliphatic carbocycles. The Balaban J connectivity index is 1.56. The van der Waals surface area contributed by atoms with E-state index in [1.165, 1.54) is 25.6 Å². The van der Waals surface area contributed by atoms with E-state index in [0.29, 0.717) is 18.9 Å². The predicted molar refractivity (Wildman–Crippen MR) is 70.4 cm³/mol. The molecule has 0 radical (unpaired) electrons. The van der Waals surface area contributed by atoms with Crippen LogP contribution in [0.1, 0.15) is 31.5 Å². The summed E-state index contributed by atoms with van der Waals surface area (Å²) in [5.74, 6) is 1.57. The number of rotatable bonds is 4. The van der Waals surface area contributed by atoms with Crippen LogP contribution in [0.3, 0.4) is 0 Å². The first kappa shape index (κ1) is 12.6. The molecular weight excluding hydrogens is 242 g/mol. The number of carbonyl (C=O) groups excluding carboxylic acids is 1. The number of hydrogen-bond donors (Lipinski definition) is 3. The van der Waals surface area contributed by atoms with Crippen LogP contribution in [-0.4, -0.2) is 40.7 Å². The number of nitrogens with one attached hydrogen (secondary N) is 3. The molecule has 104 valence electrons. The molecule has 0 unspecified atom stereocenters. The van der Waals surface area contributed by atoms with Gasteiger partial charge in [-0.25, -0.2) is 4.98 Å². The molecule has 1 amide bonds. The fourth-order valence-electron chi connectivity index (χ4n) is 3.51. The minimum Gasteiger partial charge on any atom is -0.355 e. The number of fused-ring (bicyclic) bond motifs is 1. The summed E-state index contributed by atoms with van der Waals surface area (Å²) in [5.41, 5.74) is -0.153. The fraction of sp³-hybridized carbons (Fsp3) is 0.769. The van der Waals surface area contributed by atoms with Crippen LogP contribution in [0, 0.1) is 11.3 Å². The molecule has 6 heteroatoms. The van der Waals surface area contributed by atoms with Gasteiger partial charge in [-0.2, -0.15) is 5.10 Å². The number of nitrogens with zero attached hydrogens (tertiary/aromatic N) is 2. The Morgan fingerprint density at radius 2 is 2.47 bits per heavy atom. The highest BCUT2D eigenvalue weighted by atomic mass is 16.2. The van der Waals surface area contributed by atoms with Gasteiger partial charge in [0.25, 0.3) is 0 Å². The number of amides is 1. The summed E-state index contributed by atoms with van der Waals surface area (Å²) in [4.78, 5) is 16.6. The smallest absolute Gasteiger partial charge is 0.227 e. The third-order valence-electron chi connectivity index (χ3n) is 4.60. The van der Waals surface area contributed by atoms with Crippen LogP contribution in [0.15, 0.2) is 6.33 Å². The van der Waals surface area contributed by atoms with Crippen molar-refractivity contribution < 1.29 is 4.79 Å². The van der Waals surface area contributed by atoms with Gasteiger partial charge in [-0.05, 0) is 25.3 Å². The quantitative estimate of drug-likeness (QED) is 0.727. The minimum atomic E-state index is -0.153. The van der Waals surface area contributed by atoms with Crippen molar-refractivity contribution in [2.45, 2.75) is 32.1 Å². The molecule has 19 heavy (non-hydrogen) atoms. The second kappa shape index (κ2) is 5.28. The Labute approximate surface area is 112 Å². The molecule has 1 aromatic rings. The molecule has 6 nitrogen and oxygen atoms in total. The van der Waals surface area contributed by atoms with Gasteiger partial charge >= 0.3 is 0 Å². The van der Waals surface area contributed by atoms with E-state index in [0.717, 1.165) is 25.3 Å². The molecule has 1 saturated carbocycles. The monoisotopic (exact) mass is 263 g/mol. The van der Waals surface area contributed by atoms with E-state index in [4.69, 9.17) is 0 Å². The average Bonchev–Trinajstić information content (AvgIpc) is 3.08. The number of aromatic amines is 1. The van der Waals surface area contributed by atoms with E-state index >= 15 is 0 Å². The summed E-state index contributed by atoms with van der Waals surface area (Å²) in [6.07, 6.45) is 6.85. The summed E-state index contributed by atoms with van der Waals surface area (Å²) in [5, 5.41) is 13.1. The number of carbonyl (C=O) groups is 1. The standard InChI is InChI=1S/C13H21N5O/c19-12(15-6-4-11-16-9-17-18-11)13-5-2-1-3-10(13)7-14-8-13/h9-10,14H,1-8H2,(H,15,19)(H,16,17,18)/t10-,13+/m0/s1. The maximum Gasteiger partial charge on any atom is 0.227 e. The SMILES string of the molecule is O=C(NCCc1ncn[nH]1)[C@@]12CCCC[C@H]1CNC2. The lowest BCUT2D eigenvalue weighted by Gasteiger charge is -2.37. The topological polar surface area (TPSA) is 82.7 Å². The van der Waals surface area contributed by atoms with Gasteiger partial charge in [-0.15, -0.1) is 0 Å². The van der Waals surface area contributed by atoms with Crippen LogP contribution in [0.2, 0.25) is 0 Å². The van der Waals surface area contributed by atoms with E-state index in [1.807, 2.05) is 0 Å². The largest absolute Gasteiger partial charge is 0.355 e. The third-order valence-corrected chi connectivity index (χ3v) is 4.60. The molecule has 2 atom stereocenters. The van der Waals surface area contributed by atoms with E-state index in [1.54, 1.807) is 0 Å². The number of H-pyrrole nitrogens is 1. The zero-order valence-corrected chi connectivity index (χ0v) is 11.1. The van der Waals surface area contributed by atoms with Crippen molar-refractivity contribution in [1.29, 1.82) is 0 Å². The van der Waals surface area contributed by atoms with Crippen molar-refractivity contribution in [2.24, 2.45) is 11.3 Å². The Morgan fingerprint density at radius 1 is 1.53 bits per heavy atom. The molecule has 2 aliphatic rings. The normalized spacial score (nSPS) is 30.0. The molecule has 3 rings (SSSR count). The highest BCUT2D eigenvalue weighted by Crippen LogP contribution is 2.43. The molecule has 2 fully saturated rings. The molecule has 1 saturated heterocycles. The summed E-state index contributed by atoms with van der Waals surface area (Å²) >= 11 is 0. The van der Waals surface area contributed by atoms with E-state index < -0.39 is 0 Å². The van der Waals surface area contributed by atoms with Gasteiger partial charge in [-0.3, -0.25) is 9.89 Å². The molecule has 2 heterocycles. The predicted octanol–water partition coefficient (Wildman–Crippen LogP) is 0.243. The van der Waals surface area contributed by atoms with Gasteiger partial charge in [0.2, 0.25) is 5.91 Å². The highest BCUT2D eigenvalue weighted by molar-refractivity contribution is 5.83. The maximum absolute atomic E-state index is 12.5.